The number of carbonyl (C=O) groups excluding carboxylic acids is 1. The Kier molecular flexibility index (Phi) is 4.60. The average molecular weight is 324 g/mol. The Balaban J connectivity index is 2.03. The van der Waals surface area contributed by atoms with Gasteiger partial charge in [-0.05, 0) is 48.0 Å². The largest absolute Gasteiger partial charge is 0.455 e. The van der Waals surface area contributed by atoms with Gasteiger partial charge in [0.05, 0.1) is 11.4 Å². The maximum absolute atomic E-state index is 12.0. The zero-order valence-electron chi connectivity index (χ0n) is 12.2. The van der Waals surface area contributed by atoms with E-state index in [1.54, 1.807) is 12.1 Å². The number of hydrogen-bond acceptors (Lipinski definition) is 2. The number of hydrogen-bond donors (Lipinski definition) is 0. The van der Waals surface area contributed by atoms with Crippen molar-refractivity contribution < 1.29 is 9.53 Å². The van der Waals surface area contributed by atoms with Gasteiger partial charge in [-0.1, -0.05) is 48.5 Å². The molecule has 0 N–H and O–H groups in total. The van der Waals surface area contributed by atoms with Crippen LogP contribution >= 0.6 is 11.6 Å². The molecule has 0 unspecified atom stereocenters. The molecule has 0 spiro atoms. The van der Waals surface area contributed by atoms with E-state index in [2.05, 4.69) is 0 Å². The van der Waals surface area contributed by atoms with Gasteiger partial charge >= 0.3 is 5.37 Å². The van der Waals surface area contributed by atoms with Gasteiger partial charge < -0.3 is 4.74 Å². The van der Waals surface area contributed by atoms with Crippen molar-refractivity contribution >= 4 is 28.3 Å². The first-order valence-electron chi connectivity index (χ1n) is 7.12. The zero-order chi connectivity index (χ0) is 16.1. The van der Waals surface area contributed by atoms with Gasteiger partial charge in [0.25, 0.3) is 0 Å². The van der Waals surface area contributed by atoms with E-state index in [-0.39, 0.29) is 0 Å². The van der Waals surface area contributed by atoms with Gasteiger partial charge in [-0.2, -0.15) is 0 Å². The molecule has 114 valence electrons. The molecule has 0 radical (unpaired) electrons. The van der Waals surface area contributed by atoms with Gasteiger partial charge in [0.15, 0.2) is 5.75 Å². The Labute approximate surface area is 139 Å². The van der Waals surface area contributed by atoms with Crippen molar-refractivity contribution in [2.75, 3.05) is 4.90 Å². The Bertz CT molecular complexity index is 791. The summed E-state index contributed by atoms with van der Waals surface area (Å²) in [5.74, 6) is 1.24. The van der Waals surface area contributed by atoms with Gasteiger partial charge in [-0.3, -0.25) is 9.69 Å². The molecule has 1 amide bonds. The number of amides is 1. The third-order valence-electron chi connectivity index (χ3n) is 3.27. The van der Waals surface area contributed by atoms with E-state index in [4.69, 9.17) is 16.3 Å². The van der Waals surface area contributed by atoms with E-state index in [1.807, 2.05) is 72.8 Å². The van der Waals surface area contributed by atoms with Crippen LogP contribution in [0, 0.1) is 0 Å². The maximum atomic E-state index is 12.0. The van der Waals surface area contributed by atoms with Gasteiger partial charge in [0.2, 0.25) is 0 Å². The molecule has 0 aliphatic heterocycles. The highest BCUT2D eigenvalue weighted by atomic mass is 35.5. The first-order valence-corrected chi connectivity index (χ1v) is 7.50. The van der Waals surface area contributed by atoms with Crippen molar-refractivity contribution in [1.82, 2.24) is 0 Å². The lowest BCUT2D eigenvalue weighted by atomic mass is 10.2. The molecule has 0 heterocycles. The van der Waals surface area contributed by atoms with E-state index >= 15 is 0 Å². The zero-order valence-corrected chi connectivity index (χ0v) is 13.0. The summed E-state index contributed by atoms with van der Waals surface area (Å²) in [5.41, 5.74) is 1.26. The highest BCUT2D eigenvalue weighted by Gasteiger charge is 2.19. The quantitative estimate of drug-likeness (QED) is 0.437. The number of para-hydroxylation sites is 4. The molecular weight excluding hydrogens is 310 g/mol. The summed E-state index contributed by atoms with van der Waals surface area (Å²) < 4.78 is 5.91. The molecule has 0 atom stereocenters. The predicted octanol–water partition coefficient (Wildman–Crippen LogP) is 5.98. The SMILES string of the molecule is O=C(Cl)N(c1ccccc1)c1ccccc1Oc1ccccc1. The van der Waals surface area contributed by atoms with Crippen LogP contribution in [0.1, 0.15) is 0 Å². The highest BCUT2D eigenvalue weighted by molar-refractivity contribution is 6.67. The van der Waals surface area contributed by atoms with Crippen LogP contribution in [0.2, 0.25) is 0 Å². The van der Waals surface area contributed by atoms with Crippen LogP contribution < -0.4 is 9.64 Å². The number of ether oxygens (including phenoxy) is 1. The molecule has 3 rings (SSSR count). The summed E-state index contributed by atoms with van der Waals surface area (Å²) >= 11 is 5.82. The third-order valence-corrected chi connectivity index (χ3v) is 3.44. The van der Waals surface area contributed by atoms with Crippen LogP contribution in [-0.2, 0) is 0 Å². The Morgan fingerprint density at radius 2 is 1.35 bits per heavy atom. The second-order valence-electron chi connectivity index (χ2n) is 4.81. The van der Waals surface area contributed by atoms with Crippen LogP contribution in [0.5, 0.6) is 11.5 Å². The summed E-state index contributed by atoms with van der Waals surface area (Å²) in [6.45, 7) is 0. The molecule has 0 aliphatic carbocycles. The molecule has 0 saturated carbocycles. The van der Waals surface area contributed by atoms with Crippen molar-refractivity contribution in [2.45, 2.75) is 0 Å². The first kappa shape index (κ1) is 15.1. The van der Waals surface area contributed by atoms with Gasteiger partial charge in [0, 0.05) is 0 Å². The van der Waals surface area contributed by atoms with Crippen molar-refractivity contribution in [2.24, 2.45) is 0 Å². The fraction of sp³-hybridized carbons (Fsp3) is 0. The van der Waals surface area contributed by atoms with Crippen molar-refractivity contribution in [1.29, 1.82) is 0 Å². The number of rotatable bonds is 4. The minimum Gasteiger partial charge on any atom is -0.455 e. The van der Waals surface area contributed by atoms with Crippen LogP contribution in [-0.4, -0.2) is 5.37 Å². The van der Waals surface area contributed by atoms with Crippen LogP contribution in [0.15, 0.2) is 84.9 Å². The van der Waals surface area contributed by atoms with E-state index in [0.29, 0.717) is 22.9 Å². The number of anilines is 2. The molecule has 0 aromatic heterocycles. The molecule has 23 heavy (non-hydrogen) atoms. The average Bonchev–Trinajstić information content (AvgIpc) is 2.58. The third kappa shape index (κ3) is 3.52. The highest BCUT2D eigenvalue weighted by Crippen LogP contribution is 2.37. The topological polar surface area (TPSA) is 29.5 Å². The Morgan fingerprint density at radius 3 is 2.00 bits per heavy atom. The molecule has 4 heteroatoms. The molecule has 3 nitrogen and oxygen atoms in total. The number of nitrogens with zero attached hydrogens (tertiary/aromatic N) is 1. The summed E-state index contributed by atoms with van der Waals surface area (Å²) in [4.78, 5) is 13.4. The molecular formula is C19H14ClNO2. The van der Waals surface area contributed by atoms with Gasteiger partial charge in [-0.25, -0.2) is 0 Å². The Hall–Kier alpha value is -2.78. The standard InChI is InChI=1S/C19H14ClNO2/c20-19(22)21(15-9-3-1-4-10-15)17-13-7-8-14-18(17)23-16-11-5-2-6-12-16/h1-14H. The number of benzene rings is 3. The molecule has 0 bridgehead atoms. The fourth-order valence-electron chi connectivity index (χ4n) is 2.26. The molecule has 0 fully saturated rings. The predicted molar refractivity (Wildman–Crippen MR) is 92.8 cm³/mol. The number of carbonyl (C=O) groups is 1. The fourth-order valence-corrected chi connectivity index (χ4v) is 2.44. The molecule has 3 aromatic carbocycles. The molecule has 3 aromatic rings. The van der Waals surface area contributed by atoms with E-state index in [9.17, 15) is 4.79 Å². The number of halogens is 1. The first-order chi connectivity index (χ1) is 11.3. The van der Waals surface area contributed by atoms with Gasteiger partial charge in [0.1, 0.15) is 5.75 Å². The lowest BCUT2D eigenvalue weighted by Gasteiger charge is -2.22. The normalized spacial score (nSPS) is 10.1. The lowest BCUT2D eigenvalue weighted by molar-refractivity contribution is 0.266. The van der Waals surface area contributed by atoms with Gasteiger partial charge in [-0.15, -0.1) is 0 Å². The second kappa shape index (κ2) is 6.99. The summed E-state index contributed by atoms with van der Waals surface area (Å²) in [6.07, 6.45) is 0. The maximum Gasteiger partial charge on any atom is 0.325 e. The minimum atomic E-state index is -0.597. The summed E-state index contributed by atoms with van der Waals surface area (Å²) in [6, 6.07) is 25.9. The van der Waals surface area contributed by atoms with Crippen LogP contribution in [0.25, 0.3) is 0 Å². The summed E-state index contributed by atoms with van der Waals surface area (Å²) in [7, 11) is 0. The molecule has 0 aliphatic rings. The Morgan fingerprint density at radius 1 is 0.783 bits per heavy atom. The van der Waals surface area contributed by atoms with E-state index in [0.717, 1.165) is 0 Å². The second-order valence-corrected chi connectivity index (χ2v) is 5.13. The monoisotopic (exact) mass is 323 g/mol. The van der Waals surface area contributed by atoms with E-state index < -0.39 is 5.37 Å². The van der Waals surface area contributed by atoms with Crippen molar-refractivity contribution in [3.63, 3.8) is 0 Å². The van der Waals surface area contributed by atoms with Crippen LogP contribution in [0.3, 0.4) is 0 Å². The lowest BCUT2D eigenvalue weighted by Crippen LogP contribution is -2.20. The van der Waals surface area contributed by atoms with Crippen molar-refractivity contribution in [3.8, 4) is 11.5 Å². The summed E-state index contributed by atoms with van der Waals surface area (Å²) in [5, 5.41) is -0.597. The van der Waals surface area contributed by atoms with Crippen molar-refractivity contribution in [3.05, 3.63) is 84.9 Å². The van der Waals surface area contributed by atoms with Crippen LogP contribution in [0.4, 0.5) is 16.2 Å². The van der Waals surface area contributed by atoms with E-state index in [1.165, 1.54) is 4.90 Å². The minimum absolute atomic E-state index is 0.552. The smallest absolute Gasteiger partial charge is 0.325 e. The molecule has 0 saturated heterocycles.